The van der Waals surface area contributed by atoms with Crippen LogP contribution >= 0.6 is 11.3 Å². The minimum absolute atomic E-state index is 0.0130. The van der Waals surface area contributed by atoms with Gasteiger partial charge in [-0.3, -0.25) is 4.79 Å². The molecule has 3 rings (SSSR count). The van der Waals surface area contributed by atoms with Crippen LogP contribution in [0.2, 0.25) is 0 Å². The van der Waals surface area contributed by atoms with Gasteiger partial charge in [0.2, 0.25) is 5.91 Å². The summed E-state index contributed by atoms with van der Waals surface area (Å²) in [6.45, 7) is 1.54. The van der Waals surface area contributed by atoms with Gasteiger partial charge in [-0.05, 0) is 23.6 Å². The van der Waals surface area contributed by atoms with Crippen LogP contribution in [0, 0.1) is 0 Å². The van der Waals surface area contributed by atoms with Crippen LogP contribution < -0.4 is 10.6 Å². The molecule has 1 amide bonds. The van der Waals surface area contributed by atoms with E-state index in [4.69, 9.17) is 4.74 Å². The predicted molar refractivity (Wildman–Crippen MR) is 101 cm³/mol. The molecule has 0 saturated heterocycles. The highest BCUT2D eigenvalue weighted by molar-refractivity contribution is 7.08. The predicted octanol–water partition coefficient (Wildman–Crippen LogP) is 2.92. The Morgan fingerprint density at radius 1 is 1.20 bits per heavy atom. The molecular weight excluding hydrogens is 336 g/mol. The Kier molecular flexibility index (Phi) is 5.92. The average molecular weight is 356 g/mol. The first-order chi connectivity index (χ1) is 12.3. The second kappa shape index (κ2) is 8.55. The number of carbonyl (C=O) groups excluding carboxylic acids is 1. The molecule has 0 atom stereocenters. The molecule has 2 aromatic heterocycles. The summed E-state index contributed by atoms with van der Waals surface area (Å²) in [4.78, 5) is 21.1. The van der Waals surface area contributed by atoms with Gasteiger partial charge >= 0.3 is 0 Å². The Morgan fingerprint density at radius 3 is 2.88 bits per heavy atom. The Labute approximate surface area is 150 Å². The molecule has 1 aromatic carbocycles. The number of anilines is 1. The standard InChI is InChI=1S/C18H20N4O2S/c1-24-10-9-19-16(23)6-8-20-18-14-4-2-3-5-15(14)21-17(22-18)13-7-11-25-12-13/h2-5,7,11-12H,6,8-10H2,1H3,(H,19,23)(H,20,21,22). The van der Waals surface area contributed by atoms with E-state index in [9.17, 15) is 4.79 Å². The third-order valence-electron chi connectivity index (χ3n) is 3.66. The van der Waals surface area contributed by atoms with Gasteiger partial charge in [-0.25, -0.2) is 9.97 Å². The Morgan fingerprint density at radius 2 is 2.08 bits per heavy atom. The van der Waals surface area contributed by atoms with Crippen LogP contribution in [0.4, 0.5) is 5.82 Å². The fourth-order valence-corrected chi connectivity index (χ4v) is 3.04. The van der Waals surface area contributed by atoms with E-state index in [1.165, 1.54) is 0 Å². The zero-order valence-corrected chi connectivity index (χ0v) is 14.8. The number of para-hydroxylation sites is 1. The second-order valence-corrected chi connectivity index (χ2v) is 6.22. The zero-order valence-electron chi connectivity index (χ0n) is 14.0. The van der Waals surface area contributed by atoms with Crippen molar-refractivity contribution in [1.29, 1.82) is 0 Å². The molecule has 6 nitrogen and oxygen atoms in total. The van der Waals surface area contributed by atoms with Gasteiger partial charge in [-0.15, -0.1) is 0 Å². The lowest BCUT2D eigenvalue weighted by atomic mass is 10.2. The van der Waals surface area contributed by atoms with Crippen molar-refractivity contribution in [2.75, 3.05) is 32.1 Å². The number of benzene rings is 1. The van der Waals surface area contributed by atoms with Gasteiger partial charge in [-0.2, -0.15) is 11.3 Å². The Balaban J connectivity index is 1.73. The van der Waals surface area contributed by atoms with Crippen molar-refractivity contribution >= 4 is 34.0 Å². The second-order valence-electron chi connectivity index (χ2n) is 5.44. The van der Waals surface area contributed by atoms with Crippen molar-refractivity contribution in [3.05, 3.63) is 41.1 Å². The number of nitrogens with zero attached hydrogens (tertiary/aromatic N) is 2. The number of aromatic nitrogens is 2. The summed E-state index contributed by atoms with van der Waals surface area (Å²) in [7, 11) is 1.61. The van der Waals surface area contributed by atoms with Crippen molar-refractivity contribution < 1.29 is 9.53 Å². The molecule has 0 aliphatic heterocycles. The average Bonchev–Trinajstić information content (AvgIpc) is 3.16. The van der Waals surface area contributed by atoms with Gasteiger partial charge < -0.3 is 15.4 Å². The van der Waals surface area contributed by atoms with Crippen LogP contribution in [-0.2, 0) is 9.53 Å². The first kappa shape index (κ1) is 17.3. The van der Waals surface area contributed by atoms with E-state index < -0.39 is 0 Å². The normalized spacial score (nSPS) is 10.8. The maximum atomic E-state index is 11.8. The number of thiophene rings is 1. The molecule has 0 aliphatic carbocycles. The molecule has 2 N–H and O–H groups in total. The Bertz CT molecular complexity index is 836. The number of ether oxygens (including phenoxy) is 1. The van der Waals surface area contributed by atoms with E-state index in [1.54, 1.807) is 18.4 Å². The summed E-state index contributed by atoms with van der Waals surface area (Å²) in [5.41, 5.74) is 1.88. The van der Waals surface area contributed by atoms with Crippen LogP contribution in [0.25, 0.3) is 22.3 Å². The number of methoxy groups -OCH3 is 1. The van der Waals surface area contributed by atoms with Crippen LogP contribution in [0.5, 0.6) is 0 Å². The smallest absolute Gasteiger partial charge is 0.221 e. The van der Waals surface area contributed by atoms with Crippen molar-refractivity contribution in [2.45, 2.75) is 6.42 Å². The number of fused-ring (bicyclic) bond motifs is 1. The molecule has 0 unspecified atom stereocenters. The number of nitrogens with one attached hydrogen (secondary N) is 2. The third kappa shape index (κ3) is 4.52. The van der Waals surface area contributed by atoms with Crippen LogP contribution in [0.1, 0.15) is 6.42 Å². The molecule has 3 aromatic rings. The molecule has 0 spiro atoms. The first-order valence-electron chi connectivity index (χ1n) is 8.07. The van der Waals surface area contributed by atoms with Gasteiger partial charge in [0.15, 0.2) is 5.82 Å². The van der Waals surface area contributed by atoms with E-state index in [2.05, 4.69) is 20.6 Å². The molecule has 0 fully saturated rings. The third-order valence-corrected chi connectivity index (χ3v) is 4.34. The number of hydrogen-bond donors (Lipinski definition) is 2. The van der Waals surface area contributed by atoms with E-state index in [0.29, 0.717) is 31.9 Å². The largest absolute Gasteiger partial charge is 0.383 e. The van der Waals surface area contributed by atoms with E-state index in [0.717, 1.165) is 22.3 Å². The van der Waals surface area contributed by atoms with Gasteiger partial charge in [0.25, 0.3) is 0 Å². The van der Waals surface area contributed by atoms with Crippen molar-refractivity contribution in [3.8, 4) is 11.4 Å². The van der Waals surface area contributed by atoms with E-state index >= 15 is 0 Å². The highest BCUT2D eigenvalue weighted by atomic mass is 32.1. The quantitative estimate of drug-likeness (QED) is 0.607. The fraction of sp³-hybridized carbons (Fsp3) is 0.278. The lowest BCUT2D eigenvalue weighted by molar-refractivity contribution is -0.121. The van der Waals surface area contributed by atoms with Gasteiger partial charge in [0.05, 0.1) is 12.1 Å². The Hall–Kier alpha value is -2.51. The molecule has 0 bridgehead atoms. The van der Waals surface area contributed by atoms with Crippen molar-refractivity contribution in [1.82, 2.24) is 15.3 Å². The zero-order chi connectivity index (χ0) is 17.5. The number of rotatable bonds is 8. The molecule has 25 heavy (non-hydrogen) atoms. The summed E-state index contributed by atoms with van der Waals surface area (Å²) < 4.78 is 4.92. The molecule has 7 heteroatoms. The van der Waals surface area contributed by atoms with Gasteiger partial charge in [0.1, 0.15) is 5.82 Å². The fourth-order valence-electron chi connectivity index (χ4n) is 2.41. The van der Waals surface area contributed by atoms with E-state index in [-0.39, 0.29) is 5.91 Å². The van der Waals surface area contributed by atoms with Crippen molar-refractivity contribution in [2.24, 2.45) is 0 Å². The monoisotopic (exact) mass is 356 g/mol. The number of hydrogen-bond acceptors (Lipinski definition) is 6. The van der Waals surface area contributed by atoms with Crippen molar-refractivity contribution in [3.63, 3.8) is 0 Å². The lowest BCUT2D eigenvalue weighted by Crippen LogP contribution is -2.28. The number of amides is 1. The molecule has 0 aliphatic rings. The summed E-state index contributed by atoms with van der Waals surface area (Å²) >= 11 is 1.61. The first-order valence-corrected chi connectivity index (χ1v) is 9.01. The highest BCUT2D eigenvalue weighted by Gasteiger charge is 2.10. The summed E-state index contributed by atoms with van der Waals surface area (Å²) in [6, 6.07) is 9.86. The summed E-state index contributed by atoms with van der Waals surface area (Å²) in [5, 5.41) is 11.1. The van der Waals surface area contributed by atoms with Crippen LogP contribution in [-0.4, -0.2) is 42.7 Å². The molecule has 0 saturated carbocycles. The molecule has 2 heterocycles. The highest BCUT2D eigenvalue weighted by Crippen LogP contribution is 2.25. The van der Waals surface area contributed by atoms with Gasteiger partial charge in [-0.1, -0.05) is 12.1 Å². The maximum Gasteiger partial charge on any atom is 0.221 e. The summed E-state index contributed by atoms with van der Waals surface area (Å²) in [5.74, 6) is 1.42. The molecule has 0 radical (unpaired) electrons. The minimum Gasteiger partial charge on any atom is -0.383 e. The summed E-state index contributed by atoms with van der Waals surface area (Å²) in [6.07, 6.45) is 0.371. The van der Waals surface area contributed by atoms with Gasteiger partial charge in [0, 0.05) is 42.9 Å². The molecule has 130 valence electrons. The SMILES string of the molecule is COCCNC(=O)CCNc1nc(-c2ccsc2)nc2ccccc12. The molecular formula is C18H20N4O2S. The number of carbonyl (C=O) groups is 1. The minimum atomic E-state index is -0.0130. The van der Waals surface area contributed by atoms with Crippen LogP contribution in [0.15, 0.2) is 41.1 Å². The van der Waals surface area contributed by atoms with E-state index in [1.807, 2.05) is 41.1 Å². The lowest BCUT2D eigenvalue weighted by Gasteiger charge is -2.10. The van der Waals surface area contributed by atoms with Crippen LogP contribution in [0.3, 0.4) is 0 Å². The maximum absolute atomic E-state index is 11.8. The topological polar surface area (TPSA) is 76.1 Å².